The van der Waals surface area contributed by atoms with Crippen LogP contribution in [0.1, 0.15) is 32.3 Å². The van der Waals surface area contributed by atoms with E-state index in [2.05, 4.69) is 42.2 Å². The number of carbonyl (C=O) groups excluding carboxylic acids is 1. The normalized spacial score (nSPS) is 32.5. The van der Waals surface area contributed by atoms with Gasteiger partial charge in [-0.25, -0.2) is 0 Å². The molecule has 1 saturated heterocycles. The molecule has 3 nitrogen and oxygen atoms in total. The van der Waals surface area contributed by atoms with E-state index in [9.17, 15) is 4.79 Å². The zero-order valence-corrected chi connectivity index (χ0v) is 12.3. The summed E-state index contributed by atoms with van der Waals surface area (Å²) in [5, 5.41) is 0. The molecular formula is C17H23NO2. The number of hydrogen-bond donors (Lipinski definition) is 0. The van der Waals surface area contributed by atoms with Crippen molar-refractivity contribution in [2.75, 3.05) is 13.2 Å². The molecule has 0 N–H and O–H groups in total. The molecule has 0 aromatic heterocycles. The molecule has 1 spiro atoms. The molecular weight excluding hydrogens is 250 g/mol. The monoisotopic (exact) mass is 273 g/mol. The van der Waals surface area contributed by atoms with Gasteiger partial charge in [0.15, 0.2) is 0 Å². The predicted molar refractivity (Wildman–Crippen MR) is 78.1 cm³/mol. The molecule has 1 aromatic carbocycles. The first-order chi connectivity index (χ1) is 9.64. The van der Waals surface area contributed by atoms with Crippen LogP contribution in [0.15, 0.2) is 30.3 Å². The Morgan fingerprint density at radius 3 is 2.80 bits per heavy atom. The molecule has 3 atom stereocenters. The largest absolute Gasteiger partial charge is 0.466 e. The third kappa shape index (κ3) is 2.47. The highest BCUT2D eigenvalue weighted by Crippen LogP contribution is 2.60. The van der Waals surface area contributed by atoms with Gasteiger partial charge >= 0.3 is 5.97 Å². The van der Waals surface area contributed by atoms with Crippen LogP contribution in [-0.2, 0) is 16.1 Å². The molecule has 1 heterocycles. The highest BCUT2D eigenvalue weighted by atomic mass is 16.5. The SMILES string of the molecule is CCOC(=O)C1CC12CC(C)N(Cc1ccccc1)C2. The van der Waals surface area contributed by atoms with E-state index < -0.39 is 0 Å². The number of nitrogens with zero attached hydrogens (tertiary/aromatic N) is 1. The maximum absolute atomic E-state index is 11.9. The van der Waals surface area contributed by atoms with Gasteiger partial charge in [0.25, 0.3) is 0 Å². The van der Waals surface area contributed by atoms with E-state index in [-0.39, 0.29) is 17.3 Å². The van der Waals surface area contributed by atoms with Gasteiger partial charge in [-0.1, -0.05) is 30.3 Å². The second-order valence-electron chi connectivity index (χ2n) is 6.31. The van der Waals surface area contributed by atoms with E-state index in [1.165, 1.54) is 5.56 Å². The number of likely N-dealkylation sites (tertiary alicyclic amines) is 1. The minimum atomic E-state index is 0.0151. The van der Waals surface area contributed by atoms with Gasteiger partial charge in [0.1, 0.15) is 0 Å². The van der Waals surface area contributed by atoms with Crippen molar-refractivity contribution < 1.29 is 9.53 Å². The number of ether oxygens (including phenoxy) is 1. The number of esters is 1. The molecule has 3 heteroatoms. The molecule has 108 valence electrons. The summed E-state index contributed by atoms with van der Waals surface area (Å²) < 4.78 is 5.18. The first kappa shape index (κ1) is 13.6. The zero-order valence-electron chi connectivity index (χ0n) is 12.3. The lowest BCUT2D eigenvalue weighted by Gasteiger charge is -2.21. The van der Waals surface area contributed by atoms with Crippen molar-refractivity contribution in [3.63, 3.8) is 0 Å². The van der Waals surface area contributed by atoms with Crippen LogP contribution in [0.2, 0.25) is 0 Å². The fourth-order valence-electron chi connectivity index (χ4n) is 3.70. The van der Waals surface area contributed by atoms with Gasteiger partial charge in [-0.3, -0.25) is 9.69 Å². The lowest BCUT2D eigenvalue weighted by molar-refractivity contribution is -0.145. The Kier molecular flexibility index (Phi) is 3.55. The third-order valence-electron chi connectivity index (χ3n) is 4.83. The Labute approximate surface area is 120 Å². The molecule has 0 radical (unpaired) electrons. The summed E-state index contributed by atoms with van der Waals surface area (Å²) in [5.41, 5.74) is 1.56. The fraction of sp³-hybridized carbons (Fsp3) is 0.588. The Bertz CT molecular complexity index is 487. The van der Waals surface area contributed by atoms with E-state index in [1.54, 1.807) is 0 Å². The second-order valence-corrected chi connectivity index (χ2v) is 6.31. The van der Waals surface area contributed by atoms with Crippen LogP contribution in [0, 0.1) is 11.3 Å². The molecule has 2 aliphatic rings. The quantitative estimate of drug-likeness (QED) is 0.790. The molecule has 1 aliphatic carbocycles. The summed E-state index contributed by atoms with van der Waals surface area (Å²) in [6.45, 7) is 6.67. The smallest absolute Gasteiger partial charge is 0.309 e. The number of hydrogen-bond acceptors (Lipinski definition) is 3. The predicted octanol–water partition coefficient (Wildman–Crippen LogP) is 2.85. The van der Waals surface area contributed by atoms with Crippen molar-refractivity contribution in [1.82, 2.24) is 4.90 Å². The summed E-state index contributed by atoms with van der Waals surface area (Å²) in [5.74, 6) is 0.159. The van der Waals surface area contributed by atoms with Crippen molar-refractivity contribution >= 4 is 5.97 Å². The minimum absolute atomic E-state index is 0.0151. The van der Waals surface area contributed by atoms with Crippen LogP contribution in [0.25, 0.3) is 0 Å². The van der Waals surface area contributed by atoms with Crippen molar-refractivity contribution in [2.45, 2.75) is 39.3 Å². The van der Waals surface area contributed by atoms with Crippen molar-refractivity contribution in [3.8, 4) is 0 Å². The highest BCUT2D eigenvalue weighted by molar-refractivity contribution is 5.77. The summed E-state index contributed by atoms with van der Waals surface area (Å²) in [6, 6.07) is 11.1. The van der Waals surface area contributed by atoms with Crippen LogP contribution in [-0.4, -0.2) is 30.1 Å². The van der Waals surface area contributed by atoms with Crippen LogP contribution < -0.4 is 0 Å². The van der Waals surface area contributed by atoms with E-state index >= 15 is 0 Å². The zero-order chi connectivity index (χ0) is 14.2. The van der Waals surface area contributed by atoms with Crippen molar-refractivity contribution in [2.24, 2.45) is 11.3 Å². The topological polar surface area (TPSA) is 29.5 Å². The van der Waals surface area contributed by atoms with Gasteiger partial charge in [-0.05, 0) is 37.7 Å². The van der Waals surface area contributed by atoms with Gasteiger partial charge in [0, 0.05) is 19.1 Å². The molecule has 1 aromatic rings. The fourth-order valence-corrected chi connectivity index (χ4v) is 3.70. The maximum Gasteiger partial charge on any atom is 0.309 e. The van der Waals surface area contributed by atoms with E-state index in [4.69, 9.17) is 4.74 Å². The van der Waals surface area contributed by atoms with Crippen LogP contribution in [0.4, 0.5) is 0 Å². The minimum Gasteiger partial charge on any atom is -0.466 e. The van der Waals surface area contributed by atoms with Crippen molar-refractivity contribution in [3.05, 3.63) is 35.9 Å². The molecule has 1 aliphatic heterocycles. The summed E-state index contributed by atoms with van der Waals surface area (Å²) in [7, 11) is 0. The van der Waals surface area contributed by atoms with Gasteiger partial charge in [0.2, 0.25) is 0 Å². The highest BCUT2D eigenvalue weighted by Gasteiger charge is 2.63. The lowest BCUT2D eigenvalue weighted by atomic mass is 10.0. The van der Waals surface area contributed by atoms with Crippen LogP contribution in [0.3, 0.4) is 0 Å². The van der Waals surface area contributed by atoms with Crippen molar-refractivity contribution in [1.29, 1.82) is 0 Å². The van der Waals surface area contributed by atoms with Crippen LogP contribution >= 0.6 is 0 Å². The van der Waals surface area contributed by atoms with Gasteiger partial charge in [0.05, 0.1) is 12.5 Å². The molecule has 0 amide bonds. The Balaban J connectivity index is 1.62. The molecule has 2 fully saturated rings. The Hall–Kier alpha value is -1.35. The first-order valence-electron chi connectivity index (χ1n) is 7.59. The van der Waals surface area contributed by atoms with Gasteiger partial charge in [-0.2, -0.15) is 0 Å². The van der Waals surface area contributed by atoms with E-state index in [0.717, 1.165) is 25.9 Å². The van der Waals surface area contributed by atoms with Gasteiger partial charge in [-0.15, -0.1) is 0 Å². The molecule has 1 saturated carbocycles. The number of benzene rings is 1. The second kappa shape index (κ2) is 5.21. The standard InChI is InChI=1S/C17H23NO2/c1-3-20-16(19)15-10-17(15)9-13(2)18(12-17)11-14-7-5-4-6-8-14/h4-8,13,15H,3,9-12H2,1-2H3. The van der Waals surface area contributed by atoms with Crippen LogP contribution in [0.5, 0.6) is 0 Å². The maximum atomic E-state index is 11.9. The first-order valence-corrected chi connectivity index (χ1v) is 7.59. The molecule has 3 rings (SSSR count). The summed E-state index contributed by atoms with van der Waals surface area (Å²) >= 11 is 0. The number of carbonyl (C=O) groups is 1. The molecule has 20 heavy (non-hydrogen) atoms. The lowest BCUT2D eigenvalue weighted by Crippen LogP contribution is -2.27. The van der Waals surface area contributed by atoms with E-state index in [1.807, 2.05) is 6.92 Å². The number of rotatable bonds is 4. The Morgan fingerprint density at radius 1 is 1.35 bits per heavy atom. The summed E-state index contributed by atoms with van der Waals surface area (Å²) in [6.07, 6.45) is 2.14. The average molecular weight is 273 g/mol. The Morgan fingerprint density at radius 2 is 2.10 bits per heavy atom. The summed E-state index contributed by atoms with van der Waals surface area (Å²) in [4.78, 5) is 14.4. The molecule has 3 unspecified atom stereocenters. The molecule has 0 bridgehead atoms. The third-order valence-corrected chi connectivity index (χ3v) is 4.83. The average Bonchev–Trinajstić information content (AvgIpc) is 3.04. The van der Waals surface area contributed by atoms with Gasteiger partial charge < -0.3 is 4.74 Å². The van der Waals surface area contributed by atoms with E-state index in [0.29, 0.717) is 12.6 Å².